The van der Waals surface area contributed by atoms with Gasteiger partial charge in [0.2, 0.25) is 0 Å². The molecule has 460 valence electrons. The van der Waals surface area contributed by atoms with Gasteiger partial charge in [-0.15, -0.1) is 48.1 Å². The summed E-state index contributed by atoms with van der Waals surface area (Å²) in [5, 5.41) is 1.81. The van der Waals surface area contributed by atoms with Crippen molar-refractivity contribution in [3.8, 4) is 61.8 Å². The first kappa shape index (κ1) is 48.8. The second-order valence-electron chi connectivity index (χ2n) is 29.6. The van der Waals surface area contributed by atoms with Gasteiger partial charge in [-0.05, 0) is 148 Å². The summed E-state index contributed by atoms with van der Waals surface area (Å²) in [6.45, 7) is 35.3. The minimum atomic E-state index is -0.606. The van der Waals surface area contributed by atoms with E-state index in [1.54, 1.807) is 6.20 Å². The molecule has 0 amide bonds. The number of anilines is 4. The fraction of sp³-hybridized carbons (Fsp3) is 0.286. The largest absolute Gasteiger partial charge is 0.509 e. The second kappa shape index (κ2) is 22.7. The molecular weight excluding hydrogens is 1280 g/mol. The smallest absolute Gasteiger partial charge is 0.135 e. The molecule has 2 aliphatic rings. The monoisotopic (exact) mass is 1370 g/mol. The van der Waals surface area contributed by atoms with Crippen LogP contribution >= 0.6 is 0 Å². The third-order valence-corrected chi connectivity index (χ3v) is 18.0. The molecule has 0 unspecified atom stereocenters. The molecule has 0 saturated heterocycles. The van der Waals surface area contributed by atoms with Crippen LogP contribution in [-0.4, -0.2) is 9.55 Å². The molecule has 90 heavy (non-hydrogen) atoms. The molecule has 0 N–H and O–H groups in total. The fourth-order valence-corrected chi connectivity index (χ4v) is 12.7. The van der Waals surface area contributed by atoms with Crippen LogP contribution in [0.25, 0.3) is 72.1 Å². The summed E-state index contributed by atoms with van der Waals surface area (Å²) in [6, 6.07) is 41.5. The van der Waals surface area contributed by atoms with Crippen LogP contribution in [0.2, 0.25) is 0 Å². The number of fused-ring (bicyclic) bond motifs is 5. The van der Waals surface area contributed by atoms with Gasteiger partial charge in [-0.1, -0.05) is 237 Å². The topological polar surface area (TPSA) is 33.5 Å². The number of hydrogen-bond donors (Lipinski definition) is 0. The minimum absolute atomic E-state index is 0. The number of para-hydroxylation sites is 3. The average molecular weight is 1370 g/mol. The van der Waals surface area contributed by atoms with Gasteiger partial charge < -0.3 is 19.1 Å². The first-order valence-electron chi connectivity index (χ1n) is 37.0. The average Bonchev–Trinajstić information content (AvgIpc) is 1.12. The van der Waals surface area contributed by atoms with Crippen molar-refractivity contribution in [2.45, 2.75) is 156 Å². The summed E-state index contributed by atoms with van der Waals surface area (Å²) < 4.78 is 124. The van der Waals surface area contributed by atoms with Gasteiger partial charge in [0.05, 0.1) is 16.4 Å². The summed E-state index contributed by atoms with van der Waals surface area (Å²) in [6.07, 6.45) is 3.12. The van der Waals surface area contributed by atoms with Crippen LogP contribution in [0.15, 0.2) is 194 Å². The number of nitrogens with zero attached hydrogens (tertiary/aromatic N) is 4. The first-order valence-corrected chi connectivity index (χ1v) is 31.0. The Labute approximate surface area is 567 Å². The van der Waals surface area contributed by atoms with Crippen molar-refractivity contribution >= 4 is 44.6 Å². The van der Waals surface area contributed by atoms with Crippen molar-refractivity contribution in [2.75, 3.05) is 9.80 Å². The van der Waals surface area contributed by atoms with Gasteiger partial charge in [-0.25, -0.2) is 4.98 Å². The Hall–Kier alpha value is -7.98. The number of ether oxygens (including phenoxy) is 1. The third kappa shape index (κ3) is 11.4. The molecule has 11 aromatic rings. The van der Waals surface area contributed by atoms with E-state index in [1.165, 1.54) is 0 Å². The summed E-state index contributed by atoms with van der Waals surface area (Å²) in [5.41, 5.74) is 8.22. The minimum Gasteiger partial charge on any atom is -0.509 e. The van der Waals surface area contributed by atoms with Gasteiger partial charge in [0.25, 0.3) is 0 Å². The number of hydrogen-bond acceptors (Lipinski definition) is 4. The van der Waals surface area contributed by atoms with E-state index >= 15 is 0 Å². The van der Waals surface area contributed by atoms with Crippen molar-refractivity contribution in [3.05, 3.63) is 246 Å². The number of benzene rings is 9. The van der Waals surface area contributed by atoms with Crippen LogP contribution in [0.1, 0.15) is 173 Å². The van der Waals surface area contributed by atoms with Gasteiger partial charge in [0.15, 0.2) is 0 Å². The fourth-order valence-electron chi connectivity index (χ4n) is 12.7. The van der Waals surface area contributed by atoms with Gasteiger partial charge in [-0.3, -0.25) is 0 Å². The van der Waals surface area contributed by atoms with Crippen LogP contribution in [0.5, 0.6) is 11.5 Å². The first-order chi connectivity index (χ1) is 47.1. The molecule has 0 spiro atoms. The Morgan fingerprint density at radius 3 is 1.74 bits per heavy atom. The van der Waals surface area contributed by atoms with Crippen LogP contribution < -0.4 is 14.5 Å². The third-order valence-electron chi connectivity index (χ3n) is 18.0. The molecule has 0 bridgehead atoms. The zero-order valence-corrected chi connectivity index (χ0v) is 56.8. The van der Waals surface area contributed by atoms with E-state index in [1.807, 2.05) is 151 Å². The van der Waals surface area contributed by atoms with E-state index in [-0.39, 0.29) is 103 Å². The van der Waals surface area contributed by atoms with E-state index < -0.39 is 45.2 Å². The molecule has 0 radical (unpaired) electrons. The van der Waals surface area contributed by atoms with Gasteiger partial charge in [0, 0.05) is 78.0 Å². The van der Waals surface area contributed by atoms with E-state index in [4.69, 9.17) is 16.6 Å². The summed E-state index contributed by atoms with van der Waals surface area (Å²) in [5.74, 6) is 1.24. The molecule has 0 atom stereocenters. The van der Waals surface area contributed by atoms with Crippen molar-refractivity contribution < 1.29 is 42.3 Å². The van der Waals surface area contributed by atoms with Crippen LogP contribution in [0.4, 0.5) is 22.7 Å². The quantitative estimate of drug-likeness (QED) is 0.135. The number of rotatable bonds is 9. The molecule has 6 heteroatoms. The maximum absolute atomic E-state index is 10.5. The molecule has 9 aromatic carbocycles. The van der Waals surface area contributed by atoms with E-state index in [9.17, 15) is 9.60 Å². The predicted molar refractivity (Wildman–Crippen MR) is 376 cm³/mol. The number of aromatic nitrogens is 2. The van der Waals surface area contributed by atoms with Crippen molar-refractivity contribution in [1.82, 2.24) is 9.55 Å². The summed E-state index contributed by atoms with van der Waals surface area (Å²) in [7, 11) is 0. The SMILES string of the molecule is [2H]c1c([2H])c([2H])c(-c2cnc(-n3c4[c-]c(Oc5[c-]c(N6[CH-]N(c7c(-c8c([2H])c([2H])c(-c9ccc(C(C)(C)C)cc9C(C)(C)C)c([2H])c8[2H])cc(C(C)(C)C)cc7-c7c([2H])c([2H])c8c(c7[2H])C(C)(C)CCC8(C)C)c7ccccc76)ccc5)ccc4c4ccccc43)cc2C(C)(C)C)c([2H])c1[2H].[Pt]. The zero-order chi connectivity index (χ0) is 73.2. The van der Waals surface area contributed by atoms with Crippen molar-refractivity contribution in [1.29, 1.82) is 0 Å². The van der Waals surface area contributed by atoms with Gasteiger partial charge in [0.1, 0.15) is 5.82 Å². The Balaban J connectivity index is 0.00000982. The Kier molecular flexibility index (Phi) is 12.3. The Morgan fingerprint density at radius 1 is 0.500 bits per heavy atom. The van der Waals surface area contributed by atoms with Gasteiger partial charge >= 0.3 is 0 Å². The van der Waals surface area contributed by atoms with E-state index in [2.05, 4.69) is 108 Å². The second-order valence-corrected chi connectivity index (χ2v) is 29.6. The van der Waals surface area contributed by atoms with Crippen LogP contribution in [0, 0.1) is 18.8 Å². The van der Waals surface area contributed by atoms with E-state index in [0.717, 1.165) is 51.4 Å². The van der Waals surface area contributed by atoms with E-state index in [0.29, 0.717) is 79.0 Å². The molecule has 2 aromatic heterocycles. The van der Waals surface area contributed by atoms with Crippen molar-refractivity contribution in [2.24, 2.45) is 0 Å². The van der Waals surface area contributed by atoms with Crippen LogP contribution in [-0.2, 0) is 53.6 Å². The molecule has 1 aliphatic heterocycles. The molecule has 1 aliphatic carbocycles. The molecule has 5 nitrogen and oxygen atoms in total. The maximum Gasteiger partial charge on any atom is 0.135 e. The predicted octanol–water partition coefficient (Wildman–Crippen LogP) is 23.2. The molecule has 0 fully saturated rings. The van der Waals surface area contributed by atoms with Gasteiger partial charge in [-0.2, -0.15) is 12.1 Å². The molecule has 3 heterocycles. The molecule has 0 saturated carbocycles. The van der Waals surface area contributed by atoms with Crippen LogP contribution in [0.3, 0.4) is 0 Å². The molecular formula is C84H85N4OPt-3. The Bertz CT molecular complexity index is 5240. The Morgan fingerprint density at radius 2 is 1.08 bits per heavy atom. The molecule has 13 rings (SSSR count). The number of pyridine rings is 1. The van der Waals surface area contributed by atoms with Crippen molar-refractivity contribution in [3.63, 3.8) is 0 Å². The normalized spacial score (nSPS) is 16.7. The zero-order valence-electron chi connectivity index (χ0n) is 66.6. The maximum atomic E-state index is 10.5. The summed E-state index contributed by atoms with van der Waals surface area (Å²) in [4.78, 5) is 8.92. The standard InChI is InChI=1S/C84H85N4O.Pt/c1-79(2,3)58-38-40-63(70(48-58)81(7,8)9)55-33-35-56(36-34-55)66-46-59(80(4,5)6)47-67(57-37-42-69-72(45-57)84(15,16)44-43-83(69,13)14)78(66)87-53-86(74-31-22-23-32-75(74)87)60-27-24-28-61(49-60)89-62-39-41-65-64-29-20-21-30-73(64)88(76(65)50-62)77-51-71(82(10,11)12)68(52-85-77)54-25-18-17-19-26-54;/h17-42,45-48,51-53H,43-44H2,1-16H3;/q-3;/i17D,18D,19D,25D,26D,33D,34D,35D,36D,37D,42D,45D;. The summed E-state index contributed by atoms with van der Waals surface area (Å²) >= 11 is 0.